The number of hydrogen-bond donors (Lipinski definition) is 2. The summed E-state index contributed by atoms with van der Waals surface area (Å²) in [6.07, 6.45) is 0. The van der Waals surface area contributed by atoms with E-state index in [0.717, 1.165) is 0 Å². The minimum Gasteiger partial charge on any atom is -0.456 e. The van der Waals surface area contributed by atoms with E-state index >= 15 is 0 Å². The number of amides is 1. The SMILES string of the molecule is CC(=O)Nc1cccc(-c2ccc(Oc3ccc(Cl)cc3)c(S(N)(=O)=O)c2)c1F. The van der Waals surface area contributed by atoms with Gasteiger partial charge in [-0.15, -0.1) is 0 Å². The molecule has 0 aliphatic heterocycles. The van der Waals surface area contributed by atoms with E-state index in [0.29, 0.717) is 10.8 Å². The number of nitrogens with one attached hydrogen (secondary N) is 1. The summed E-state index contributed by atoms with van der Waals surface area (Å²) >= 11 is 5.83. The quantitative estimate of drug-likeness (QED) is 0.615. The van der Waals surface area contributed by atoms with E-state index in [2.05, 4.69) is 5.32 Å². The van der Waals surface area contributed by atoms with Gasteiger partial charge in [-0.1, -0.05) is 29.8 Å². The molecule has 0 heterocycles. The molecule has 0 saturated carbocycles. The number of sulfonamides is 1. The summed E-state index contributed by atoms with van der Waals surface area (Å²) in [5.41, 5.74) is 0.329. The summed E-state index contributed by atoms with van der Waals surface area (Å²) in [7, 11) is -4.18. The predicted molar refractivity (Wildman–Crippen MR) is 109 cm³/mol. The van der Waals surface area contributed by atoms with Gasteiger partial charge in [0.25, 0.3) is 0 Å². The number of nitrogens with two attached hydrogens (primary N) is 1. The maximum Gasteiger partial charge on any atom is 0.241 e. The average molecular weight is 435 g/mol. The lowest BCUT2D eigenvalue weighted by Crippen LogP contribution is -2.13. The van der Waals surface area contributed by atoms with Gasteiger partial charge in [-0.2, -0.15) is 0 Å². The van der Waals surface area contributed by atoms with Crippen LogP contribution in [0.3, 0.4) is 0 Å². The Morgan fingerprint density at radius 3 is 2.41 bits per heavy atom. The molecule has 0 atom stereocenters. The van der Waals surface area contributed by atoms with Crippen LogP contribution in [0.2, 0.25) is 5.02 Å². The molecule has 0 unspecified atom stereocenters. The zero-order valence-electron chi connectivity index (χ0n) is 15.1. The van der Waals surface area contributed by atoms with Gasteiger partial charge in [0, 0.05) is 17.5 Å². The van der Waals surface area contributed by atoms with Crippen molar-refractivity contribution in [3.63, 3.8) is 0 Å². The molecule has 3 aromatic carbocycles. The first-order valence-corrected chi connectivity index (χ1v) is 10.2. The van der Waals surface area contributed by atoms with Crippen molar-refractivity contribution < 1.29 is 22.3 Å². The number of halogens is 2. The third-order valence-electron chi connectivity index (χ3n) is 3.91. The number of benzene rings is 3. The molecule has 0 aromatic heterocycles. The minimum atomic E-state index is -4.18. The van der Waals surface area contributed by atoms with E-state index in [1.807, 2.05) is 0 Å². The third kappa shape index (κ3) is 4.92. The van der Waals surface area contributed by atoms with Crippen LogP contribution in [0.15, 0.2) is 65.6 Å². The van der Waals surface area contributed by atoms with Crippen LogP contribution in [0.25, 0.3) is 11.1 Å². The van der Waals surface area contributed by atoms with Gasteiger partial charge in [0.05, 0.1) is 5.69 Å². The van der Waals surface area contributed by atoms with Gasteiger partial charge in [0.15, 0.2) is 5.82 Å². The number of carbonyl (C=O) groups is 1. The van der Waals surface area contributed by atoms with Gasteiger partial charge in [0.2, 0.25) is 15.9 Å². The van der Waals surface area contributed by atoms with E-state index < -0.39 is 21.7 Å². The van der Waals surface area contributed by atoms with Crippen molar-refractivity contribution in [1.29, 1.82) is 0 Å². The van der Waals surface area contributed by atoms with Crippen molar-refractivity contribution in [2.45, 2.75) is 11.8 Å². The normalized spacial score (nSPS) is 11.2. The van der Waals surface area contributed by atoms with Crippen molar-refractivity contribution in [3.05, 3.63) is 71.5 Å². The largest absolute Gasteiger partial charge is 0.456 e. The fourth-order valence-electron chi connectivity index (χ4n) is 2.65. The molecule has 0 aliphatic carbocycles. The molecular weight excluding hydrogens is 419 g/mol. The summed E-state index contributed by atoms with van der Waals surface area (Å²) in [5, 5.41) is 8.22. The molecule has 0 aliphatic rings. The second-order valence-corrected chi connectivity index (χ2v) is 8.08. The lowest BCUT2D eigenvalue weighted by atomic mass is 10.0. The first kappa shape index (κ1) is 20.8. The van der Waals surface area contributed by atoms with Gasteiger partial charge in [-0.25, -0.2) is 17.9 Å². The smallest absolute Gasteiger partial charge is 0.241 e. The van der Waals surface area contributed by atoms with Crippen LogP contribution >= 0.6 is 11.6 Å². The van der Waals surface area contributed by atoms with Crippen LogP contribution in [0, 0.1) is 5.82 Å². The summed E-state index contributed by atoms with van der Waals surface area (Å²) in [5.74, 6) is -0.796. The Bertz CT molecular complexity index is 1180. The summed E-state index contributed by atoms with van der Waals surface area (Å²) in [4.78, 5) is 10.9. The molecule has 1 amide bonds. The van der Waals surface area contributed by atoms with Gasteiger partial charge in [-0.05, 0) is 48.0 Å². The molecule has 0 saturated heterocycles. The fourth-order valence-corrected chi connectivity index (χ4v) is 3.46. The topological polar surface area (TPSA) is 98.5 Å². The maximum atomic E-state index is 14.8. The number of carbonyl (C=O) groups excluding carboxylic acids is 1. The van der Waals surface area contributed by atoms with Crippen LogP contribution < -0.4 is 15.2 Å². The molecule has 3 aromatic rings. The highest BCUT2D eigenvalue weighted by atomic mass is 35.5. The van der Waals surface area contributed by atoms with Gasteiger partial charge in [0.1, 0.15) is 16.4 Å². The van der Waals surface area contributed by atoms with E-state index in [9.17, 15) is 17.6 Å². The number of hydrogen-bond acceptors (Lipinski definition) is 4. The zero-order valence-corrected chi connectivity index (χ0v) is 16.7. The molecule has 29 heavy (non-hydrogen) atoms. The summed E-state index contributed by atoms with van der Waals surface area (Å²) in [6.45, 7) is 1.26. The molecule has 9 heteroatoms. The van der Waals surface area contributed by atoms with Gasteiger partial charge in [-0.3, -0.25) is 4.79 Å². The zero-order chi connectivity index (χ0) is 21.2. The lowest BCUT2D eigenvalue weighted by Gasteiger charge is -2.13. The van der Waals surface area contributed by atoms with E-state index in [1.165, 1.54) is 37.3 Å². The first-order chi connectivity index (χ1) is 13.6. The third-order valence-corrected chi connectivity index (χ3v) is 5.10. The minimum absolute atomic E-state index is 0.0167. The second kappa shape index (κ2) is 8.20. The number of anilines is 1. The lowest BCUT2D eigenvalue weighted by molar-refractivity contribution is -0.114. The Labute approximate surface area is 172 Å². The standard InChI is InChI=1S/C20H16ClFN2O4S/c1-12(25)24-17-4-2-3-16(20(17)22)13-5-10-18(19(11-13)29(23,26)27)28-15-8-6-14(21)7-9-15/h2-11H,1H3,(H,24,25)(H2,23,26,27). The molecule has 3 rings (SSSR count). The highest BCUT2D eigenvalue weighted by molar-refractivity contribution is 7.89. The summed E-state index contributed by atoms with van der Waals surface area (Å²) in [6, 6.07) is 14.8. The Kier molecular flexibility index (Phi) is 5.88. The molecule has 0 radical (unpaired) electrons. The fraction of sp³-hybridized carbons (Fsp3) is 0.0500. The van der Waals surface area contributed by atoms with Gasteiger partial charge >= 0.3 is 0 Å². The number of ether oxygens (including phenoxy) is 1. The van der Waals surface area contributed by atoms with Gasteiger partial charge < -0.3 is 10.1 Å². The molecule has 0 spiro atoms. The van der Waals surface area contributed by atoms with E-state index in [4.69, 9.17) is 21.5 Å². The van der Waals surface area contributed by atoms with Crippen LogP contribution in [0.5, 0.6) is 11.5 Å². The molecule has 0 bridgehead atoms. The van der Waals surface area contributed by atoms with Crippen LogP contribution in [0.1, 0.15) is 6.92 Å². The van der Waals surface area contributed by atoms with Crippen molar-refractivity contribution in [2.75, 3.05) is 5.32 Å². The maximum absolute atomic E-state index is 14.8. The average Bonchev–Trinajstić information content (AvgIpc) is 2.64. The molecule has 0 fully saturated rings. The molecular formula is C20H16ClFN2O4S. The van der Waals surface area contributed by atoms with Crippen molar-refractivity contribution in [1.82, 2.24) is 0 Å². The molecule has 150 valence electrons. The van der Waals surface area contributed by atoms with Crippen LogP contribution in [0.4, 0.5) is 10.1 Å². The Balaban J connectivity index is 2.07. The van der Waals surface area contributed by atoms with Crippen LogP contribution in [-0.4, -0.2) is 14.3 Å². The second-order valence-electron chi connectivity index (χ2n) is 6.11. The number of rotatable bonds is 5. The van der Waals surface area contributed by atoms with Crippen molar-refractivity contribution in [3.8, 4) is 22.6 Å². The molecule has 6 nitrogen and oxygen atoms in total. The Morgan fingerprint density at radius 2 is 1.79 bits per heavy atom. The van der Waals surface area contributed by atoms with Crippen molar-refractivity contribution in [2.24, 2.45) is 5.14 Å². The number of primary sulfonamides is 1. The van der Waals surface area contributed by atoms with E-state index in [-0.39, 0.29) is 27.5 Å². The monoisotopic (exact) mass is 434 g/mol. The Hall–Kier alpha value is -2.94. The Morgan fingerprint density at radius 1 is 1.10 bits per heavy atom. The van der Waals surface area contributed by atoms with Crippen molar-refractivity contribution >= 4 is 33.2 Å². The highest BCUT2D eigenvalue weighted by Crippen LogP contribution is 2.35. The van der Waals surface area contributed by atoms with Crippen LogP contribution in [-0.2, 0) is 14.8 Å². The first-order valence-electron chi connectivity index (χ1n) is 8.32. The summed E-state index contributed by atoms with van der Waals surface area (Å²) < 4.78 is 44.6. The van der Waals surface area contributed by atoms with E-state index in [1.54, 1.807) is 30.3 Å². The highest BCUT2D eigenvalue weighted by Gasteiger charge is 2.19. The molecule has 3 N–H and O–H groups in total. The predicted octanol–water partition coefficient (Wildman–Crippen LogP) is 4.54.